The van der Waals surface area contributed by atoms with Crippen molar-refractivity contribution in [2.75, 3.05) is 6.61 Å². The van der Waals surface area contributed by atoms with Crippen molar-refractivity contribution in [3.63, 3.8) is 0 Å². The topological polar surface area (TPSA) is 37.9 Å². The Morgan fingerprint density at radius 1 is 1.57 bits per heavy atom. The summed E-state index contributed by atoms with van der Waals surface area (Å²) in [6.45, 7) is 2.62. The van der Waals surface area contributed by atoms with E-state index in [0.29, 0.717) is 6.61 Å². The molecule has 0 saturated carbocycles. The highest BCUT2D eigenvalue weighted by Crippen LogP contribution is 2.33. The summed E-state index contributed by atoms with van der Waals surface area (Å²) >= 11 is 5.71. The van der Waals surface area contributed by atoms with E-state index in [1.807, 2.05) is 19.1 Å². The smallest absolute Gasteiger partial charge is 0.135 e. The molecule has 0 atom stereocenters. The Balaban J connectivity index is 2.63. The fourth-order valence-electron chi connectivity index (χ4n) is 1.26. The lowest BCUT2D eigenvalue weighted by Gasteiger charge is -2.04. The van der Waals surface area contributed by atoms with Crippen LogP contribution in [0.2, 0.25) is 0 Å². The maximum Gasteiger partial charge on any atom is 0.135 e. The molecule has 0 unspecified atom stereocenters. The summed E-state index contributed by atoms with van der Waals surface area (Å²) in [4.78, 5) is 0. The second kappa shape index (κ2) is 4.06. The number of aromatic amines is 1. The minimum atomic E-state index is 0.658. The number of fused-ring (bicyclic) bond motifs is 1. The molecule has 0 fully saturated rings. The molecule has 2 aromatic rings. The molecule has 0 amide bonds. The fourth-order valence-corrected chi connectivity index (χ4v) is 2.37. The molecule has 5 heteroatoms. The molecular weight excluding hydrogens is 359 g/mol. The predicted octanol–water partition coefficient (Wildman–Crippen LogP) is 3.33. The van der Waals surface area contributed by atoms with E-state index in [9.17, 15) is 0 Å². The first-order valence-electron chi connectivity index (χ1n) is 4.19. The maximum absolute atomic E-state index is 5.45. The molecule has 0 spiro atoms. The van der Waals surface area contributed by atoms with E-state index in [-0.39, 0.29) is 0 Å². The van der Waals surface area contributed by atoms with E-state index in [0.717, 1.165) is 24.8 Å². The number of benzene rings is 1. The number of aromatic nitrogens is 2. The second-order valence-electron chi connectivity index (χ2n) is 2.74. The Labute approximate surface area is 103 Å². The first kappa shape index (κ1) is 10.2. The van der Waals surface area contributed by atoms with E-state index in [1.165, 1.54) is 0 Å². The molecule has 1 N–H and O–H groups in total. The number of H-pyrrole nitrogens is 1. The van der Waals surface area contributed by atoms with Crippen molar-refractivity contribution in [3.8, 4) is 5.75 Å². The average Bonchev–Trinajstić information content (AvgIpc) is 2.54. The number of hydrogen-bond acceptors (Lipinski definition) is 2. The van der Waals surface area contributed by atoms with Crippen molar-refractivity contribution in [3.05, 3.63) is 20.3 Å². The van der Waals surface area contributed by atoms with Crippen LogP contribution in [-0.2, 0) is 0 Å². The Hall–Kier alpha value is -0.300. The first-order valence-corrected chi connectivity index (χ1v) is 6.06. The zero-order valence-electron chi connectivity index (χ0n) is 7.47. The fraction of sp³-hybridized carbons (Fsp3) is 0.222. The number of nitrogens with zero attached hydrogens (tertiary/aromatic N) is 1. The van der Waals surface area contributed by atoms with E-state index < -0.39 is 0 Å². The van der Waals surface area contributed by atoms with Gasteiger partial charge in [-0.3, -0.25) is 5.10 Å². The van der Waals surface area contributed by atoms with Crippen LogP contribution in [0.5, 0.6) is 5.75 Å². The van der Waals surface area contributed by atoms with Crippen molar-refractivity contribution in [2.24, 2.45) is 0 Å². The Morgan fingerprint density at radius 3 is 3.07 bits per heavy atom. The number of ether oxygens (including phenoxy) is 1. The summed E-state index contributed by atoms with van der Waals surface area (Å²) in [7, 11) is 0. The normalized spacial score (nSPS) is 10.8. The van der Waals surface area contributed by atoms with Crippen LogP contribution in [0.1, 0.15) is 6.92 Å². The number of nitrogens with one attached hydrogen (secondary N) is 1. The lowest BCUT2D eigenvalue weighted by molar-refractivity contribution is 0.338. The molecule has 1 aromatic heterocycles. The van der Waals surface area contributed by atoms with E-state index in [4.69, 9.17) is 4.74 Å². The molecule has 0 radical (unpaired) electrons. The van der Waals surface area contributed by atoms with Crippen molar-refractivity contribution in [1.82, 2.24) is 10.2 Å². The molecule has 0 aliphatic carbocycles. The van der Waals surface area contributed by atoms with Crippen LogP contribution >= 0.6 is 38.5 Å². The highest BCUT2D eigenvalue weighted by atomic mass is 127. The van der Waals surface area contributed by atoms with Crippen LogP contribution in [0.3, 0.4) is 0 Å². The Bertz CT molecular complexity index is 469. The lowest BCUT2D eigenvalue weighted by Crippen LogP contribution is -1.92. The summed E-state index contributed by atoms with van der Waals surface area (Å²) in [5, 5.41) is 8.25. The van der Waals surface area contributed by atoms with Crippen molar-refractivity contribution in [2.45, 2.75) is 6.92 Å². The maximum atomic E-state index is 5.45. The highest BCUT2D eigenvalue weighted by molar-refractivity contribution is 14.1. The average molecular weight is 367 g/mol. The zero-order chi connectivity index (χ0) is 10.1. The monoisotopic (exact) mass is 366 g/mol. The largest absolute Gasteiger partial charge is 0.493 e. The molecular formula is C9H8BrIN2O. The highest BCUT2D eigenvalue weighted by Gasteiger charge is 2.10. The molecule has 1 aromatic carbocycles. The quantitative estimate of drug-likeness (QED) is 0.828. The molecule has 74 valence electrons. The number of hydrogen-bond donors (Lipinski definition) is 1. The second-order valence-corrected chi connectivity index (χ2v) is 4.62. The molecule has 0 aliphatic rings. The van der Waals surface area contributed by atoms with Gasteiger partial charge in [-0.1, -0.05) is 0 Å². The van der Waals surface area contributed by atoms with Crippen LogP contribution in [-0.4, -0.2) is 16.8 Å². The van der Waals surface area contributed by atoms with Gasteiger partial charge < -0.3 is 4.74 Å². The molecule has 14 heavy (non-hydrogen) atoms. The van der Waals surface area contributed by atoms with Gasteiger partial charge in [0.2, 0.25) is 0 Å². The Kier molecular flexibility index (Phi) is 2.96. The zero-order valence-corrected chi connectivity index (χ0v) is 11.2. The van der Waals surface area contributed by atoms with Gasteiger partial charge in [0, 0.05) is 5.39 Å². The van der Waals surface area contributed by atoms with Crippen LogP contribution in [0.15, 0.2) is 16.6 Å². The third kappa shape index (κ3) is 1.63. The summed E-state index contributed by atoms with van der Waals surface area (Å²) < 4.78 is 7.41. The molecule has 3 nitrogen and oxygen atoms in total. The SMILES string of the molecule is CCOc1ccc2c(I)[nH]nc2c1Br. The lowest BCUT2D eigenvalue weighted by atomic mass is 10.2. The molecule has 2 rings (SSSR count). The van der Waals surface area contributed by atoms with Crippen LogP contribution in [0, 0.1) is 3.70 Å². The minimum Gasteiger partial charge on any atom is -0.493 e. The molecule has 0 saturated heterocycles. The van der Waals surface area contributed by atoms with E-state index in [2.05, 4.69) is 48.7 Å². The number of halogens is 2. The third-order valence-electron chi connectivity index (χ3n) is 1.88. The van der Waals surface area contributed by atoms with E-state index in [1.54, 1.807) is 0 Å². The standard InChI is InChI=1S/C9H8BrIN2O/c1-2-14-6-4-3-5-8(7(6)10)12-13-9(5)11/h3-4H,2H2,1H3,(H,12,13). The third-order valence-corrected chi connectivity index (χ3v) is 3.47. The van der Waals surface area contributed by atoms with Gasteiger partial charge in [0.15, 0.2) is 0 Å². The van der Waals surface area contributed by atoms with Gasteiger partial charge in [-0.2, -0.15) is 5.10 Å². The summed E-state index contributed by atoms with van der Waals surface area (Å²) in [5.74, 6) is 0.836. The molecule has 0 aliphatic heterocycles. The molecule has 1 heterocycles. The predicted molar refractivity (Wildman–Crippen MR) is 67.7 cm³/mol. The van der Waals surface area contributed by atoms with Gasteiger partial charge in [0.25, 0.3) is 0 Å². The van der Waals surface area contributed by atoms with Crippen LogP contribution in [0.4, 0.5) is 0 Å². The van der Waals surface area contributed by atoms with Gasteiger partial charge in [0.05, 0.1) is 11.1 Å². The summed E-state index contributed by atoms with van der Waals surface area (Å²) in [5.41, 5.74) is 0.917. The van der Waals surface area contributed by atoms with Gasteiger partial charge in [0.1, 0.15) is 15.0 Å². The summed E-state index contributed by atoms with van der Waals surface area (Å²) in [6.07, 6.45) is 0. The Morgan fingerprint density at radius 2 is 2.36 bits per heavy atom. The first-order chi connectivity index (χ1) is 6.74. The van der Waals surface area contributed by atoms with Gasteiger partial charge in [-0.15, -0.1) is 0 Å². The summed E-state index contributed by atoms with van der Waals surface area (Å²) in [6, 6.07) is 3.96. The van der Waals surface area contributed by atoms with Crippen molar-refractivity contribution in [1.29, 1.82) is 0 Å². The minimum absolute atomic E-state index is 0.658. The number of rotatable bonds is 2. The van der Waals surface area contributed by atoms with Gasteiger partial charge >= 0.3 is 0 Å². The van der Waals surface area contributed by atoms with Gasteiger partial charge in [-0.05, 0) is 57.6 Å². The van der Waals surface area contributed by atoms with Crippen LogP contribution < -0.4 is 4.74 Å². The van der Waals surface area contributed by atoms with E-state index >= 15 is 0 Å². The van der Waals surface area contributed by atoms with Crippen molar-refractivity contribution >= 4 is 49.4 Å². The van der Waals surface area contributed by atoms with Gasteiger partial charge in [-0.25, -0.2) is 0 Å². The molecule has 0 bridgehead atoms. The van der Waals surface area contributed by atoms with Crippen molar-refractivity contribution < 1.29 is 4.74 Å². The van der Waals surface area contributed by atoms with Crippen LogP contribution in [0.25, 0.3) is 10.9 Å².